The van der Waals surface area contributed by atoms with Crippen molar-refractivity contribution in [3.63, 3.8) is 0 Å². The molecule has 0 fully saturated rings. The summed E-state index contributed by atoms with van der Waals surface area (Å²) in [5.41, 5.74) is 1.80. The third-order valence-corrected chi connectivity index (χ3v) is 4.11. The lowest BCUT2D eigenvalue weighted by molar-refractivity contribution is -0.120. The third kappa shape index (κ3) is 1.41. The van der Waals surface area contributed by atoms with Crippen molar-refractivity contribution in [1.82, 2.24) is 4.98 Å². The minimum atomic E-state index is -0.267. The number of nitrogens with zero attached hydrogens (tertiary/aromatic N) is 2. The van der Waals surface area contributed by atoms with Crippen LogP contribution in [-0.4, -0.2) is 16.8 Å². The molecule has 0 radical (unpaired) electrons. The molecule has 1 aromatic heterocycles. The largest absolute Gasteiger partial charge is 0.268 e. The number of imide groups is 1. The van der Waals surface area contributed by atoms with E-state index in [1.165, 1.54) is 11.3 Å². The normalized spacial score (nSPS) is 16.2. The van der Waals surface area contributed by atoms with Gasteiger partial charge in [-0.3, -0.25) is 9.59 Å². The fraction of sp³-hybridized carbons (Fsp3) is 0.154. The van der Waals surface area contributed by atoms with Crippen LogP contribution >= 0.6 is 11.3 Å². The summed E-state index contributed by atoms with van der Waals surface area (Å²) < 4.78 is 0.968. The van der Waals surface area contributed by atoms with E-state index in [0.717, 1.165) is 15.1 Å². The van der Waals surface area contributed by atoms with Gasteiger partial charge in [0.05, 0.1) is 10.2 Å². The number of hydrogen-bond acceptors (Lipinski definition) is 4. The highest BCUT2D eigenvalue weighted by molar-refractivity contribution is 7.22. The van der Waals surface area contributed by atoms with Crippen LogP contribution in [0.15, 0.2) is 35.4 Å². The van der Waals surface area contributed by atoms with Gasteiger partial charge in [0.2, 0.25) is 5.13 Å². The van der Waals surface area contributed by atoms with E-state index in [0.29, 0.717) is 16.3 Å². The molecular weight excluding hydrogens is 248 g/mol. The topological polar surface area (TPSA) is 50.3 Å². The van der Waals surface area contributed by atoms with Gasteiger partial charge in [-0.1, -0.05) is 23.5 Å². The molecule has 2 aromatic rings. The molecule has 18 heavy (non-hydrogen) atoms. The zero-order valence-electron chi connectivity index (χ0n) is 9.93. The second kappa shape index (κ2) is 3.74. The van der Waals surface area contributed by atoms with Crippen LogP contribution in [0.5, 0.6) is 0 Å². The monoisotopic (exact) mass is 258 g/mol. The zero-order chi connectivity index (χ0) is 12.9. The summed E-state index contributed by atoms with van der Waals surface area (Å²) in [7, 11) is 0. The summed E-state index contributed by atoms with van der Waals surface area (Å²) >= 11 is 1.35. The van der Waals surface area contributed by atoms with E-state index in [1.807, 2.05) is 24.3 Å². The van der Waals surface area contributed by atoms with Gasteiger partial charge in [-0.2, -0.15) is 0 Å². The zero-order valence-corrected chi connectivity index (χ0v) is 10.7. The first-order valence-electron chi connectivity index (χ1n) is 5.51. The fourth-order valence-electron chi connectivity index (χ4n) is 1.88. The summed E-state index contributed by atoms with van der Waals surface area (Å²) in [6.07, 6.45) is 0. The summed E-state index contributed by atoms with van der Waals surface area (Å²) in [5.74, 6) is -0.534. The Morgan fingerprint density at radius 3 is 2.28 bits per heavy atom. The average molecular weight is 258 g/mol. The number of thiazole rings is 1. The predicted octanol–water partition coefficient (Wildman–Crippen LogP) is 2.51. The Balaban J connectivity index is 2.12. The molecule has 0 saturated heterocycles. The second-order valence-corrected chi connectivity index (χ2v) is 5.17. The van der Waals surface area contributed by atoms with Crippen LogP contribution in [0.2, 0.25) is 0 Å². The van der Waals surface area contributed by atoms with Gasteiger partial charge in [0, 0.05) is 11.1 Å². The Kier molecular flexibility index (Phi) is 2.31. The SMILES string of the molecule is CC1=C(C)C(=O)N(c2nc3ccccc3s2)C1=O. The molecule has 3 rings (SSSR count). The average Bonchev–Trinajstić information content (AvgIpc) is 2.86. The molecule has 0 aliphatic carbocycles. The number of aromatic nitrogens is 1. The minimum Gasteiger partial charge on any atom is -0.268 e. The van der Waals surface area contributed by atoms with Crippen LogP contribution in [0, 0.1) is 0 Å². The van der Waals surface area contributed by atoms with Crippen molar-refractivity contribution in [2.45, 2.75) is 13.8 Å². The highest BCUT2D eigenvalue weighted by Gasteiger charge is 2.36. The number of anilines is 1. The second-order valence-electron chi connectivity index (χ2n) is 4.16. The van der Waals surface area contributed by atoms with Gasteiger partial charge in [-0.05, 0) is 26.0 Å². The van der Waals surface area contributed by atoms with Gasteiger partial charge in [-0.25, -0.2) is 9.88 Å². The number of fused-ring (bicyclic) bond motifs is 1. The molecule has 0 saturated carbocycles. The fourth-order valence-corrected chi connectivity index (χ4v) is 2.84. The number of carbonyl (C=O) groups excluding carboxylic acids is 2. The maximum Gasteiger partial charge on any atom is 0.263 e. The van der Waals surface area contributed by atoms with Crippen LogP contribution in [0.25, 0.3) is 10.2 Å². The Bertz CT molecular complexity index is 658. The summed E-state index contributed by atoms with van der Waals surface area (Å²) in [5, 5.41) is 0.447. The van der Waals surface area contributed by atoms with Crippen molar-refractivity contribution >= 4 is 38.5 Å². The van der Waals surface area contributed by atoms with Gasteiger partial charge in [0.15, 0.2) is 0 Å². The van der Waals surface area contributed by atoms with E-state index in [4.69, 9.17) is 0 Å². The van der Waals surface area contributed by atoms with Crippen molar-refractivity contribution in [1.29, 1.82) is 0 Å². The Hall–Kier alpha value is -2.01. The van der Waals surface area contributed by atoms with E-state index in [1.54, 1.807) is 13.8 Å². The van der Waals surface area contributed by atoms with Crippen molar-refractivity contribution in [2.24, 2.45) is 0 Å². The van der Waals surface area contributed by atoms with Gasteiger partial charge in [-0.15, -0.1) is 0 Å². The van der Waals surface area contributed by atoms with Gasteiger partial charge in [0.25, 0.3) is 11.8 Å². The molecule has 4 nitrogen and oxygen atoms in total. The van der Waals surface area contributed by atoms with E-state index >= 15 is 0 Å². The first-order chi connectivity index (χ1) is 8.59. The minimum absolute atomic E-state index is 0.267. The highest BCUT2D eigenvalue weighted by Crippen LogP contribution is 2.33. The molecule has 2 heterocycles. The standard InChI is InChI=1S/C13H10N2O2S/c1-7-8(2)12(17)15(11(7)16)13-14-9-5-3-4-6-10(9)18-13/h3-6H,1-2H3. The first kappa shape index (κ1) is 11.1. The quantitative estimate of drug-likeness (QED) is 0.738. The number of amides is 2. The highest BCUT2D eigenvalue weighted by atomic mass is 32.1. The molecule has 90 valence electrons. The van der Waals surface area contributed by atoms with E-state index < -0.39 is 0 Å². The maximum atomic E-state index is 12.0. The maximum absolute atomic E-state index is 12.0. The van der Waals surface area contributed by atoms with Crippen molar-refractivity contribution in [3.05, 3.63) is 35.4 Å². The molecule has 1 aliphatic heterocycles. The third-order valence-electron chi connectivity index (χ3n) is 3.08. The lowest BCUT2D eigenvalue weighted by Gasteiger charge is -2.09. The molecule has 0 atom stereocenters. The molecule has 0 unspecified atom stereocenters. The van der Waals surface area contributed by atoms with Crippen molar-refractivity contribution in [2.75, 3.05) is 4.90 Å². The number of carbonyl (C=O) groups is 2. The Morgan fingerprint density at radius 2 is 1.67 bits per heavy atom. The summed E-state index contributed by atoms with van der Waals surface area (Å²) in [6.45, 7) is 3.34. The molecule has 0 bridgehead atoms. The number of rotatable bonds is 1. The van der Waals surface area contributed by atoms with E-state index in [-0.39, 0.29) is 11.8 Å². The van der Waals surface area contributed by atoms with Crippen molar-refractivity contribution < 1.29 is 9.59 Å². The molecule has 0 N–H and O–H groups in total. The molecule has 2 amide bonds. The van der Waals surface area contributed by atoms with Gasteiger partial charge in [0.1, 0.15) is 0 Å². The Morgan fingerprint density at radius 1 is 1.06 bits per heavy atom. The van der Waals surface area contributed by atoms with Crippen LogP contribution in [0.1, 0.15) is 13.8 Å². The number of para-hydroxylation sites is 1. The Labute approximate surface area is 108 Å². The van der Waals surface area contributed by atoms with Gasteiger partial charge >= 0.3 is 0 Å². The van der Waals surface area contributed by atoms with Crippen molar-refractivity contribution in [3.8, 4) is 0 Å². The lowest BCUT2D eigenvalue weighted by Crippen LogP contribution is -2.31. The molecule has 5 heteroatoms. The molecule has 0 spiro atoms. The lowest BCUT2D eigenvalue weighted by atomic mass is 10.2. The van der Waals surface area contributed by atoms with Crippen LogP contribution in [-0.2, 0) is 9.59 Å². The van der Waals surface area contributed by atoms with E-state index in [2.05, 4.69) is 4.98 Å². The van der Waals surface area contributed by atoms with Gasteiger partial charge < -0.3 is 0 Å². The first-order valence-corrected chi connectivity index (χ1v) is 6.33. The number of benzene rings is 1. The summed E-state index contributed by atoms with van der Waals surface area (Å²) in [6, 6.07) is 7.59. The molecule has 1 aromatic carbocycles. The predicted molar refractivity (Wildman–Crippen MR) is 70.5 cm³/mol. The van der Waals surface area contributed by atoms with Crippen LogP contribution < -0.4 is 4.90 Å². The smallest absolute Gasteiger partial charge is 0.263 e. The van der Waals surface area contributed by atoms with Crippen LogP contribution in [0.4, 0.5) is 5.13 Å². The van der Waals surface area contributed by atoms with E-state index in [9.17, 15) is 9.59 Å². The molecular formula is C13H10N2O2S. The number of hydrogen-bond donors (Lipinski definition) is 0. The summed E-state index contributed by atoms with van der Waals surface area (Å²) in [4.78, 5) is 29.5. The van der Waals surface area contributed by atoms with Crippen LogP contribution in [0.3, 0.4) is 0 Å². The molecule has 1 aliphatic rings.